The largest absolute Gasteiger partial charge is 0.505 e. The van der Waals surface area contributed by atoms with Gasteiger partial charge in [0, 0.05) is 68.4 Å². The second-order valence-corrected chi connectivity index (χ2v) is 40.5. The number of nitro benzene ring substituents is 2. The number of nitrogens with one attached hydrogen (secondary N) is 2. The van der Waals surface area contributed by atoms with Crippen molar-refractivity contribution in [2.75, 3.05) is 24.3 Å². The average Bonchev–Trinajstić information content (AvgIpc) is 1.64. The van der Waals surface area contributed by atoms with Crippen LogP contribution in [0.3, 0.4) is 0 Å². The van der Waals surface area contributed by atoms with Gasteiger partial charge < -0.3 is 60.8 Å². The number of hydrogen-bond donors (Lipinski definition) is 8. The van der Waals surface area contributed by atoms with Gasteiger partial charge in [0.15, 0.2) is 57.7 Å². The molecule has 1 fully saturated rings. The monoisotopic (exact) mass is 2220 g/mol. The lowest BCUT2D eigenvalue weighted by molar-refractivity contribution is -0.385. The number of aliphatic imine (C=N–C) groups is 1. The number of carbonyl (C=O) groups excluding carboxylic acids is 3. The number of carbonyl (C=O) groups is 3. The molecule has 9 N–H and O–H groups in total. The van der Waals surface area contributed by atoms with Gasteiger partial charge in [0.1, 0.15) is 67.5 Å². The normalized spacial score (nSPS) is 12.1. The first kappa shape index (κ1) is 115. The molecule has 768 valence electrons. The van der Waals surface area contributed by atoms with Crippen molar-refractivity contribution in [3.05, 3.63) is 308 Å². The van der Waals surface area contributed by atoms with Crippen molar-refractivity contribution in [3.8, 4) is 40.6 Å². The minimum absolute atomic E-state index is 0.0255. The molecule has 34 nitrogen and oxygen atoms in total. The van der Waals surface area contributed by atoms with Crippen LogP contribution in [-0.2, 0) is 27.2 Å². The Bertz CT molecular complexity index is 7680. The number of aliphatic hydroxyl groups excluding tert-OH is 4. The molecule has 18 aromatic rings. The Kier molecular flexibility index (Phi) is 43.2. The number of aliphatic hydroxyl groups is 4. The first-order chi connectivity index (χ1) is 70.8. The summed E-state index contributed by atoms with van der Waals surface area (Å²) in [7, 11) is 0. The molecular formula is C99H89Cl3F4N18O16S8. The Hall–Kier alpha value is -13.8. The lowest BCUT2D eigenvalue weighted by Crippen LogP contribution is -2.35. The highest BCUT2D eigenvalue weighted by Gasteiger charge is 2.26. The number of phenols is 1. The smallest absolute Gasteiger partial charge is 0.272 e. The number of phenolic OH excluding ortho intramolecular Hbond substituents is 1. The number of thiophene rings is 6. The number of anilines is 2. The van der Waals surface area contributed by atoms with E-state index in [4.69, 9.17) is 76.8 Å². The van der Waals surface area contributed by atoms with Gasteiger partial charge in [-0.2, -0.15) is 4.99 Å². The zero-order chi connectivity index (χ0) is 107. The highest BCUT2D eigenvalue weighted by atomic mass is 35.5. The van der Waals surface area contributed by atoms with Crippen molar-refractivity contribution in [3.63, 3.8) is 0 Å². The molecule has 19 rings (SSSR count). The summed E-state index contributed by atoms with van der Waals surface area (Å²) in [6.07, 6.45) is 9.72. The van der Waals surface area contributed by atoms with Crippen LogP contribution in [0.15, 0.2) is 218 Å². The number of halogens is 7. The minimum atomic E-state index is -0.987. The van der Waals surface area contributed by atoms with E-state index in [1.807, 2.05) is 139 Å². The van der Waals surface area contributed by atoms with E-state index in [-0.39, 0.29) is 93.3 Å². The molecule has 0 radical (unpaired) electrons. The second kappa shape index (κ2) is 55.9. The fourth-order valence-corrected chi connectivity index (χ4v) is 19.9. The van der Waals surface area contributed by atoms with E-state index in [1.165, 1.54) is 138 Å². The third-order valence-corrected chi connectivity index (χ3v) is 28.4. The summed E-state index contributed by atoms with van der Waals surface area (Å²) in [5.74, 6) is -3.43. The van der Waals surface area contributed by atoms with Crippen molar-refractivity contribution >= 4 is 240 Å². The maximum atomic E-state index is 14.8. The third kappa shape index (κ3) is 33.1. The number of nitrogen functional groups attached to an aromatic ring is 1. The quantitative estimate of drug-likeness (QED) is 0.00456. The molecule has 0 saturated carbocycles. The maximum absolute atomic E-state index is 14.8. The van der Waals surface area contributed by atoms with E-state index in [9.17, 15) is 72.6 Å². The van der Waals surface area contributed by atoms with Gasteiger partial charge in [-0.3, -0.25) is 34.6 Å². The second-order valence-electron chi connectivity index (χ2n) is 32.5. The molecule has 4 unspecified atom stereocenters. The van der Waals surface area contributed by atoms with Crippen molar-refractivity contribution < 1.29 is 86.3 Å². The van der Waals surface area contributed by atoms with Gasteiger partial charge in [0.2, 0.25) is 23.5 Å². The molecular weight excluding hydrogens is 2140 g/mol. The lowest BCUT2D eigenvalue weighted by atomic mass is 10.1. The molecule has 13 heterocycles. The van der Waals surface area contributed by atoms with E-state index in [0.717, 1.165) is 100 Å². The molecule has 0 aliphatic carbocycles. The molecule has 6 aromatic carbocycles. The Morgan fingerprint density at radius 3 is 1.25 bits per heavy atom. The van der Waals surface area contributed by atoms with Crippen LogP contribution in [0.2, 0.25) is 15.5 Å². The predicted molar refractivity (Wildman–Crippen MR) is 574 cm³/mol. The van der Waals surface area contributed by atoms with Crippen molar-refractivity contribution in [1.82, 2.24) is 65.1 Å². The van der Waals surface area contributed by atoms with E-state index < -0.39 is 63.3 Å². The molecule has 0 spiro atoms. The van der Waals surface area contributed by atoms with Crippen LogP contribution in [0.5, 0.6) is 40.6 Å². The molecule has 0 bridgehead atoms. The summed E-state index contributed by atoms with van der Waals surface area (Å²) < 4.78 is 81.3. The van der Waals surface area contributed by atoms with Crippen LogP contribution >= 0.6 is 127 Å². The van der Waals surface area contributed by atoms with Crippen molar-refractivity contribution in [1.29, 1.82) is 0 Å². The van der Waals surface area contributed by atoms with Crippen molar-refractivity contribution in [2.45, 2.75) is 105 Å². The third-order valence-electron chi connectivity index (χ3n) is 20.2. The fourth-order valence-electron chi connectivity index (χ4n) is 12.5. The number of amides is 2. The number of nitrogens with zero attached hydrogens (tertiary/aromatic N) is 15. The molecule has 1 aliphatic heterocycles. The maximum Gasteiger partial charge on any atom is 0.272 e. The van der Waals surface area contributed by atoms with Gasteiger partial charge in [-0.25, -0.2) is 77.4 Å². The number of ether oxygens (including phenoxy) is 4. The van der Waals surface area contributed by atoms with Gasteiger partial charge >= 0.3 is 0 Å². The number of aromatic hydroxyl groups is 1. The number of thiocarbonyl (C=S) groups is 2. The molecule has 4 atom stereocenters. The fraction of sp³-hybridized carbons (Fsp3) is 0.222. The number of aromatic nitrogens is 12. The number of nitro groups is 2. The summed E-state index contributed by atoms with van der Waals surface area (Å²) in [4.78, 5) is 108. The van der Waals surface area contributed by atoms with Crippen LogP contribution in [0.1, 0.15) is 133 Å². The number of hydrogen-bond acceptors (Lipinski definition) is 37. The van der Waals surface area contributed by atoms with E-state index in [2.05, 4.69) is 87.7 Å². The molecule has 148 heavy (non-hydrogen) atoms. The molecule has 1 aliphatic rings. The topological polar surface area (TPSA) is 493 Å². The highest BCUT2D eigenvalue weighted by molar-refractivity contribution is 7.80. The summed E-state index contributed by atoms with van der Waals surface area (Å²) in [6.45, 7) is 17.4. The molecule has 12 aromatic heterocycles. The van der Waals surface area contributed by atoms with Crippen LogP contribution < -0.4 is 30.6 Å². The first-order valence-corrected chi connectivity index (χ1v) is 51.1. The summed E-state index contributed by atoms with van der Waals surface area (Å²) >= 11 is 35.2. The van der Waals surface area contributed by atoms with Crippen molar-refractivity contribution in [2.24, 2.45) is 28.7 Å². The van der Waals surface area contributed by atoms with Crippen LogP contribution in [-0.4, -0.2) is 137 Å². The highest BCUT2D eigenvalue weighted by Crippen LogP contribution is 2.44. The number of nitrogens with two attached hydrogens (primary N) is 1. The lowest BCUT2D eigenvalue weighted by Gasteiger charge is -2.12. The standard InChI is InChI=1S/C25H23FN4O3S2.C16H14FN3O4S.C16H16FN3O2S.C10H11ClN2OS.C9H7NOS.C7H3ClN2OS.C6H3ClN2S.C6H4FNO3.C4H8O/c1-14(2)22(32)20-12-18-23(35-20)24(28-13-27-18)33-19-9-8-16(11-17(19)26)29-25(34)30-21(31)10-15-6-4-3-5-7-15;1-8(2)14(21)13-6-11-15(25-13)16(19-7-18-11)24-12-4-3-9(20(22)23)5-10(12)17;1-8(2)14(21)13-6-11-15(23-13)16(20-7-19-11)22-12-4-3-9(18)5-10(12)17;1-5(2)8(14)7-3-6-9(15-7)10(11)13-4-12-6;11-9(10-7-12)6-8-4-2-1-3-5-8;8-7-6-5(9-3-10-7)1-4(2-11)12-6;7-6-5-4(1-2-10-5)8-3-9-6;7-5-3-4(8(10)11)1-2-6(5)9;1-2-4-5-3-1/h3-9,11-14,22,32H,10H2,1-2H3,(H2,29,30,31,34);3-8,14,21H,1-2H3;3-8,14,21H,18H2,1-2H3;3-5,8,14H,1-2H3;1-5H,6H2;1-3H;1-3H;1-3,9H;1-4H2. The summed E-state index contributed by atoms with van der Waals surface area (Å²) in [5, 5.41) is 80.8. The Morgan fingerprint density at radius 1 is 0.486 bits per heavy atom. The number of fused-ring (bicyclic) bond motifs is 6. The van der Waals surface area contributed by atoms with Crippen LogP contribution in [0, 0.1) is 67.2 Å². The molecule has 2 amide bonds. The van der Waals surface area contributed by atoms with Gasteiger partial charge in [0.05, 0.1) is 116 Å². The van der Waals surface area contributed by atoms with Crippen LogP contribution in [0.4, 0.5) is 40.3 Å². The van der Waals surface area contributed by atoms with E-state index in [1.54, 1.807) is 47.7 Å². The zero-order valence-electron chi connectivity index (χ0n) is 79.1. The number of isothiocyanates is 1. The summed E-state index contributed by atoms with van der Waals surface area (Å²) in [6, 6.07) is 43.7. The number of non-ortho nitro benzene ring substituents is 2. The number of benzene rings is 6. The molecule has 1 saturated heterocycles. The first-order valence-electron chi connectivity index (χ1n) is 44.2. The number of aldehydes is 1. The SMILES string of the molecule is C1CCOC1.CC(C)C(O)c1cc2ncnc(Cl)c2s1.CC(C)C(O)c1cc2ncnc(Oc3ccc(N)cc3F)c2s1.CC(C)C(O)c1cc2ncnc(Oc3ccc(NC(=S)NC(=O)Cc4ccccc4)cc3F)c2s1.CC(C)C(O)c1cc2ncnc(Oc3ccc([N+](=O)[O-])cc3F)c2s1.Clc1ncnc2ccsc12.O=C(Cc1ccccc1)N=C=S.O=Cc1cc2ncnc(Cl)c2s1.O=[N+]([O-])c1ccc(O)c(F)c1. The number of rotatable bonds is 22. The minimum Gasteiger partial charge on any atom is -0.505 e. The average molecular weight is 2230 g/mol. The van der Waals surface area contributed by atoms with Gasteiger partial charge in [-0.05, 0) is 150 Å². The zero-order valence-corrected chi connectivity index (χ0v) is 87.9. The van der Waals surface area contributed by atoms with Gasteiger partial charge in [0.25, 0.3) is 17.3 Å². The Labute approximate surface area is 890 Å². The van der Waals surface area contributed by atoms with E-state index >= 15 is 0 Å². The Balaban J connectivity index is 0.000000165. The Morgan fingerprint density at radius 2 is 0.865 bits per heavy atom. The van der Waals surface area contributed by atoms with Crippen LogP contribution in [0.25, 0.3) is 61.3 Å². The summed E-state index contributed by atoms with van der Waals surface area (Å²) in [5.41, 5.74) is 11.6. The van der Waals surface area contributed by atoms with Gasteiger partial charge in [-0.1, -0.05) is 151 Å². The molecule has 49 heteroatoms. The van der Waals surface area contributed by atoms with E-state index in [0.29, 0.717) is 79.7 Å². The van der Waals surface area contributed by atoms with Gasteiger partial charge in [-0.15, -0.1) is 68.0 Å². The predicted octanol–water partition coefficient (Wildman–Crippen LogP) is 25.1.